The van der Waals surface area contributed by atoms with Crippen LogP contribution in [0.4, 0.5) is 0 Å². The summed E-state index contributed by atoms with van der Waals surface area (Å²) in [6, 6.07) is 0. The quantitative estimate of drug-likeness (QED) is 0.0343. The van der Waals surface area contributed by atoms with Crippen LogP contribution in [-0.2, 0) is 28.6 Å². The van der Waals surface area contributed by atoms with E-state index >= 15 is 0 Å². The van der Waals surface area contributed by atoms with E-state index in [0.717, 1.165) is 57.8 Å². The standard InChI is InChI=1S/C73H142O6/c1-4-7-10-13-16-19-21-23-25-27-29-31-32-33-34-35-36-37-38-39-40-41-42-43-45-46-48-50-52-54-57-60-63-66-72(75)78-69-70(68-77-71(74)65-62-59-56-18-15-12-9-6-3)79-73(76)67-64-61-58-55-53-51-49-47-44-30-28-26-24-22-20-17-14-11-8-5-2/h70H,4-69H2,1-3H3. The fraction of sp³-hybridized carbons (Fsp3) is 0.959. The lowest BCUT2D eigenvalue weighted by Crippen LogP contribution is -2.30. The number of esters is 3. The predicted octanol–water partition coefficient (Wildman–Crippen LogP) is 25.0. The Kier molecular flexibility index (Phi) is 67.5. The molecule has 6 heteroatoms. The van der Waals surface area contributed by atoms with E-state index in [1.807, 2.05) is 0 Å². The lowest BCUT2D eigenvalue weighted by molar-refractivity contribution is -0.167. The SMILES string of the molecule is CCCCCCCCCCCCCCCCCCCCCCCCCCCCCCCCCCCC(=O)OCC(COC(=O)CCCCCCCCCC)OC(=O)CCCCCCCCCCCCCCCCCCCCCC. The molecule has 0 aliphatic heterocycles. The molecule has 0 saturated heterocycles. The first kappa shape index (κ1) is 77.4. The van der Waals surface area contributed by atoms with Crippen molar-refractivity contribution in [3.05, 3.63) is 0 Å². The smallest absolute Gasteiger partial charge is 0.306 e. The molecule has 0 N–H and O–H groups in total. The molecule has 0 aliphatic carbocycles. The van der Waals surface area contributed by atoms with Crippen molar-refractivity contribution in [1.82, 2.24) is 0 Å². The highest BCUT2D eigenvalue weighted by atomic mass is 16.6. The third kappa shape index (κ3) is 67.1. The van der Waals surface area contributed by atoms with Gasteiger partial charge in [0, 0.05) is 19.3 Å². The number of hydrogen-bond acceptors (Lipinski definition) is 6. The van der Waals surface area contributed by atoms with Crippen molar-refractivity contribution in [3.63, 3.8) is 0 Å². The molecule has 0 saturated carbocycles. The van der Waals surface area contributed by atoms with E-state index in [1.54, 1.807) is 0 Å². The van der Waals surface area contributed by atoms with Crippen molar-refractivity contribution < 1.29 is 28.6 Å². The average molecular weight is 1120 g/mol. The van der Waals surface area contributed by atoms with Crippen LogP contribution in [0.15, 0.2) is 0 Å². The number of unbranched alkanes of at least 4 members (excludes halogenated alkanes) is 58. The predicted molar refractivity (Wildman–Crippen MR) is 344 cm³/mol. The molecule has 0 heterocycles. The Morgan fingerprint density at radius 3 is 0.506 bits per heavy atom. The fourth-order valence-corrected chi connectivity index (χ4v) is 11.6. The highest BCUT2D eigenvalue weighted by molar-refractivity contribution is 5.71. The van der Waals surface area contributed by atoms with Gasteiger partial charge in [-0.25, -0.2) is 0 Å². The van der Waals surface area contributed by atoms with Gasteiger partial charge >= 0.3 is 17.9 Å². The van der Waals surface area contributed by atoms with Crippen LogP contribution in [0.5, 0.6) is 0 Å². The summed E-state index contributed by atoms with van der Waals surface area (Å²) in [5.74, 6) is -0.830. The maximum absolute atomic E-state index is 12.9. The Balaban J connectivity index is 3.95. The fourth-order valence-electron chi connectivity index (χ4n) is 11.6. The molecule has 0 radical (unpaired) electrons. The summed E-state index contributed by atoms with van der Waals surface area (Å²) in [5, 5.41) is 0. The minimum Gasteiger partial charge on any atom is -0.462 e. The van der Waals surface area contributed by atoms with E-state index in [-0.39, 0.29) is 31.1 Å². The van der Waals surface area contributed by atoms with Crippen LogP contribution in [0.3, 0.4) is 0 Å². The molecule has 0 aliphatic rings. The van der Waals surface area contributed by atoms with E-state index in [1.165, 1.54) is 334 Å². The van der Waals surface area contributed by atoms with Gasteiger partial charge in [-0.3, -0.25) is 14.4 Å². The van der Waals surface area contributed by atoms with Crippen molar-refractivity contribution >= 4 is 17.9 Å². The lowest BCUT2D eigenvalue weighted by Gasteiger charge is -2.18. The minimum absolute atomic E-state index is 0.0610. The van der Waals surface area contributed by atoms with Crippen LogP contribution in [0.2, 0.25) is 0 Å². The second-order valence-electron chi connectivity index (χ2n) is 25.2. The largest absolute Gasteiger partial charge is 0.462 e. The van der Waals surface area contributed by atoms with Gasteiger partial charge in [0.2, 0.25) is 0 Å². The highest BCUT2D eigenvalue weighted by Crippen LogP contribution is 2.20. The Bertz CT molecular complexity index is 1190. The molecule has 1 unspecified atom stereocenters. The second-order valence-corrected chi connectivity index (χ2v) is 25.2. The van der Waals surface area contributed by atoms with Gasteiger partial charge in [0.15, 0.2) is 6.10 Å². The molecule has 0 bridgehead atoms. The summed E-state index contributed by atoms with van der Waals surface area (Å²) in [4.78, 5) is 38.2. The summed E-state index contributed by atoms with van der Waals surface area (Å²) >= 11 is 0. The van der Waals surface area contributed by atoms with Gasteiger partial charge in [-0.1, -0.05) is 393 Å². The molecule has 6 nitrogen and oxygen atoms in total. The van der Waals surface area contributed by atoms with E-state index in [9.17, 15) is 14.4 Å². The van der Waals surface area contributed by atoms with Gasteiger partial charge in [-0.05, 0) is 19.3 Å². The summed E-state index contributed by atoms with van der Waals surface area (Å²) in [5.41, 5.74) is 0. The van der Waals surface area contributed by atoms with Crippen molar-refractivity contribution in [2.75, 3.05) is 13.2 Å². The molecule has 0 aromatic heterocycles. The van der Waals surface area contributed by atoms with Crippen molar-refractivity contribution in [1.29, 1.82) is 0 Å². The maximum atomic E-state index is 12.9. The summed E-state index contributed by atoms with van der Waals surface area (Å²) in [7, 11) is 0. The molecule has 0 fully saturated rings. The Morgan fingerprint density at radius 2 is 0.342 bits per heavy atom. The third-order valence-corrected chi connectivity index (χ3v) is 17.1. The average Bonchev–Trinajstić information content (AvgIpc) is 3.45. The minimum atomic E-state index is -0.762. The van der Waals surface area contributed by atoms with Crippen molar-refractivity contribution in [2.45, 2.75) is 438 Å². The van der Waals surface area contributed by atoms with Crippen LogP contribution >= 0.6 is 0 Å². The number of carbonyl (C=O) groups excluding carboxylic acids is 3. The van der Waals surface area contributed by atoms with E-state index in [2.05, 4.69) is 20.8 Å². The zero-order valence-corrected chi connectivity index (χ0v) is 54.2. The maximum Gasteiger partial charge on any atom is 0.306 e. The molecule has 0 rings (SSSR count). The van der Waals surface area contributed by atoms with Crippen molar-refractivity contribution in [3.8, 4) is 0 Å². The zero-order chi connectivity index (χ0) is 57.1. The highest BCUT2D eigenvalue weighted by Gasteiger charge is 2.20. The molecule has 470 valence electrons. The Hall–Kier alpha value is -1.59. The molecule has 0 spiro atoms. The van der Waals surface area contributed by atoms with Crippen LogP contribution in [0.1, 0.15) is 432 Å². The molecular formula is C73H142O6. The van der Waals surface area contributed by atoms with E-state index < -0.39 is 6.10 Å². The first-order valence-corrected chi connectivity index (χ1v) is 36.5. The normalized spacial score (nSPS) is 11.9. The van der Waals surface area contributed by atoms with Crippen LogP contribution in [0, 0.1) is 0 Å². The van der Waals surface area contributed by atoms with Crippen LogP contribution in [0.25, 0.3) is 0 Å². The molecule has 0 aromatic carbocycles. The van der Waals surface area contributed by atoms with Gasteiger partial charge in [-0.15, -0.1) is 0 Å². The van der Waals surface area contributed by atoms with Gasteiger partial charge < -0.3 is 14.2 Å². The number of rotatable bonds is 69. The van der Waals surface area contributed by atoms with Crippen molar-refractivity contribution in [2.24, 2.45) is 0 Å². The van der Waals surface area contributed by atoms with Crippen LogP contribution in [-0.4, -0.2) is 37.2 Å². The van der Waals surface area contributed by atoms with E-state index in [0.29, 0.717) is 19.3 Å². The van der Waals surface area contributed by atoms with Gasteiger partial charge in [0.25, 0.3) is 0 Å². The van der Waals surface area contributed by atoms with Gasteiger partial charge in [0.05, 0.1) is 0 Å². The van der Waals surface area contributed by atoms with Crippen LogP contribution < -0.4 is 0 Å². The summed E-state index contributed by atoms with van der Waals surface area (Å²) in [6.07, 6.45) is 81.8. The molecule has 0 amide bonds. The molecule has 1 atom stereocenters. The first-order valence-electron chi connectivity index (χ1n) is 36.5. The van der Waals surface area contributed by atoms with Gasteiger partial charge in [0.1, 0.15) is 13.2 Å². The molecule has 79 heavy (non-hydrogen) atoms. The Morgan fingerprint density at radius 1 is 0.203 bits per heavy atom. The van der Waals surface area contributed by atoms with E-state index in [4.69, 9.17) is 14.2 Å². The zero-order valence-electron chi connectivity index (χ0n) is 54.2. The number of hydrogen-bond donors (Lipinski definition) is 0. The first-order chi connectivity index (χ1) is 39.0. The Labute approximate surface area is 495 Å². The topological polar surface area (TPSA) is 78.9 Å². The third-order valence-electron chi connectivity index (χ3n) is 17.1. The summed E-state index contributed by atoms with van der Waals surface area (Å²) in [6.45, 7) is 6.71. The lowest BCUT2D eigenvalue weighted by atomic mass is 10.0. The molecule has 0 aromatic rings. The number of ether oxygens (including phenoxy) is 3. The molecular weight excluding hydrogens is 973 g/mol. The van der Waals surface area contributed by atoms with Gasteiger partial charge in [-0.2, -0.15) is 0 Å². The monoisotopic (exact) mass is 1120 g/mol. The second kappa shape index (κ2) is 68.9. The summed E-state index contributed by atoms with van der Waals surface area (Å²) < 4.78 is 16.9. The number of carbonyl (C=O) groups is 3.